The minimum Gasteiger partial charge on any atom is -0.478 e. The number of anilines is 2. The number of nitrogens with one attached hydrogen (secondary N) is 1. The first-order chi connectivity index (χ1) is 12.9. The van der Waals surface area contributed by atoms with Gasteiger partial charge < -0.3 is 10.4 Å². The number of halogens is 2. The molecule has 0 aliphatic carbocycles. The van der Waals surface area contributed by atoms with Gasteiger partial charge in [0, 0.05) is 23.7 Å². The van der Waals surface area contributed by atoms with E-state index in [2.05, 4.69) is 15.3 Å². The monoisotopic (exact) mass is 404 g/mol. The van der Waals surface area contributed by atoms with Crippen LogP contribution in [0.5, 0.6) is 0 Å². The van der Waals surface area contributed by atoms with E-state index in [0.29, 0.717) is 11.3 Å². The number of aromatic carboxylic acids is 1. The van der Waals surface area contributed by atoms with Gasteiger partial charge in [0.25, 0.3) is 5.69 Å². The van der Waals surface area contributed by atoms with Gasteiger partial charge in [-0.2, -0.15) is 0 Å². The van der Waals surface area contributed by atoms with Gasteiger partial charge in [-0.25, -0.2) is 19.2 Å². The maximum Gasteiger partial charge on any atom is 0.335 e. The molecule has 0 fully saturated rings. The maximum atomic E-state index is 14.1. The molecule has 8 nitrogen and oxygen atoms in total. The Labute approximate surface area is 164 Å². The fourth-order valence-corrected chi connectivity index (χ4v) is 2.43. The zero-order chi connectivity index (χ0) is 19.4. The van der Waals surface area contributed by atoms with Crippen LogP contribution in [0.25, 0.3) is 0 Å². The van der Waals surface area contributed by atoms with Crippen molar-refractivity contribution in [3.05, 3.63) is 87.5 Å². The smallest absolute Gasteiger partial charge is 0.335 e. The number of aromatic nitrogens is 2. The lowest BCUT2D eigenvalue weighted by atomic mass is 10.1. The minimum atomic E-state index is -1.05. The number of nitro benzene ring substituents is 1. The van der Waals surface area contributed by atoms with E-state index in [1.54, 1.807) is 6.07 Å². The highest BCUT2D eigenvalue weighted by molar-refractivity contribution is 5.88. The molecule has 0 saturated carbocycles. The first-order valence-electron chi connectivity index (χ1n) is 7.78. The molecule has 0 unspecified atom stereocenters. The summed E-state index contributed by atoms with van der Waals surface area (Å²) in [5.41, 5.74) is 0.857. The van der Waals surface area contributed by atoms with Crippen LogP contribution < -0.4 is 5.32 Å². The summed E-state index contributed by atoms with van der Waals surface area (Å²) in [6, 6.07) is 11.9. The summed E-state index contributed by atoms with van der Waals surface area (Å²) in [5.74, 6) is -1.64. The second kappa shape index (κ2) is 8.87. The Balaban J connectivity index is 0.00000280. The fraction of sp³-hybridized carbons (Fsp3) is 0.0556. The van der Waals surface area contributed by atoms with E-state index in [4.69, 9.17) is 5.11 Å². The van der Waals surface area contributed by atoms with Crippen molar-refractivity contribution in [2.75, 3.05) is 5.32 Å². The molecular weight excluding hydrogens is 391 g/mol. The average Bonchev–Trinajstić information content (AvgIpc) is 2.65. The molecule has 28 heavy (non-hydrogen) atoms. The van der Waals surface area contributed by atoms with Crippen LogP contribution in [0, 0.1) is 15.9 Å². The summed E-state index contributed by atoms with van der Waals surface area (Å²) in [5, 5.41) is 22.8. The van der Waals surface area contributed by atoms with Gasteiger partial charge in [-0.3, -0.25) is 10.1 Å². The number of benzene rings is 2. The van der Waals surface area contributed by atoms with Crippen LogP contribution in [0.4, 0.5) is 21.7 Å². The summed E-state index contributed by atoms with van der Waals surface area (Å²) >= 11 is 0. The van der Waals surface area contributed by atoms with Gasteiger partial charge >= 0.3 is 5.97 Å². The standard InChI is InChI=1S/C18H13FN4O4.ClH/c19-14-10-20-18(21-13-7-5-11(6-8-13)17(24)25)22-15(14)9-12-3-1-2-4-16(12)23(26)27;/h1-8,10H,9H2,(H,24,25)(H,20,21,22);1H. The third-order valence-electron chi connectivity index (χ3n) is 3.75. The molecule has 2 N–H and O–H groups in total. The second-order valence-corrected chi connectivity index (χ2v) is 5.56. The van der Waals surface area contributed by atoms with E-state index in [1.165, 1.54) is 42.5 Å². The molecule has 3 rings (SSSR count). The van der Waals surface area contributed by atoms with Crippen molar-refractivity contribution in [2.24, 2.45) is 0 Å². The molecule has 2 aromatic carbocycles. The third-order valence-corrected chi connectivity index (χ3v) is 3.75. The highest BCUT2D eigenvalue weighted by Gasteiger charge is 2.16. The summed E-state index contributed by atoms with van der Waals surface area (Å²) in [6.07, 6.45) is 0.906. The average molecular weight is 405 g/mol. The summed E-state index contributed by atoms with van der Waals surface area (Å²) in [7, 11) is 0. The Bertz CT molecular complexity index is 1010. The summed E-state index contributed by atoms with van der Waals surface area (Å²) in [6.45, 7) is 0. The number of nitrogens with zero attached hydrogens (tertiary/aromatic N) is 3. The Morgan fingerprint density at radius 2 is 1.86 bits per heavy atom. The van der Waals surface area contributed by atoms with Crippen LogP contribution in [0.1, 0.15) is 21.6 Å². The number of nitro groups is 1. The molecule has 0 radical (unpaired) electrons. The van der Waals surface area contributed by atoms with E-state index in [0.717, 1.165) is 6.20 Å². The van der Waals surface area contributed by atoms with Gasteiger partial charge in [0.2, 0.25) is 5.95 Å². The molecule has 10 heteroatoms. The normalized spacial score (nSPS) is 10.0. The summed E-state index contributed by atoms with van der Waals surface area (Å²) in [4.78, 5) is 29.4. The Kier molecular flexibility index (Phi) is 6.56. The highest BCUT2D eigenvalue weighted by atomic mass is 35.5. The van der Waals surface area contributed by atoms with E-state index in [1.807, 2.05) is 0 Å². The Morgan fingerprint density at radius 1 is 1.18 bits per heavy atom. The van der Waals surface area contributed by atoms with Crippen LogP contribution in [0.15, 0.2) is 54.7 Å². The van der Waals surface area contributed by atoms with Crippen LogP contribution in [0.2, 0.25) is 0 Å². The summed E-state index contributed by atoms with van der Waals surface area (Å²) < 4.78 is 14.1. The number of hydrogen-bond acceptors (Lipinski definition) is 6. The molecule has 0 aliphatic heterocycles. The zero-order valence-corrected chi connectivity index (χ0v) is 15.0. The van der Waals surface area contributed by atoms with Crippen molar-refractivity contribution in [1.82, 2.24) is 9.97 Å². The largest absolute Gasteiger partial charge is 0.478 e. The van der Waals surface area contributed by atoms with Crippen LogP contribution in [-0.2, 0) is 6.42 Å². The first kappa shape index (κ1) is 20.7. The number of para-hydroxylation sites is 1. The molecule has 0 bridgehead atoms. The molecular formula is C18H14ClFN4O4. The quantitative estimate of drug-likeness (QED) is 0.471. The van der Waals surface area contributed by atoms with E-state index in [9.17, 15) is 19.3 Å². The van der Waals surface area contributed by atoms with Gasteiger partial charge in [-0.15, -0.1) is 12.4 Å². The lowest BCUT2D eigenvalue weighted by Crippen LogP contribution is -2.05. The molecule has 0 saturated heterocycles. The Morgan fingerprint density at radius 3 is 2.50 bits per heavy atom. The number of carboxylic acid groups (broad SMARTS) is 1. The molecule has 144 valence electrons. The molecule has 0 amide bonds. The Hall–Kier alpha value is -3.59. The second-order valence-electron chi connectivity index (χ2n) is 5.56. The van der Waals surface area contributed by atoms with Crippen molar-refractivity contribution < 1.29 is 19.2 Å². The topological polar surface area (TPSA) is 118 Å². The van der Waals surface area contributed by atoms with Gasteiger partial charge in [0.05, 0.1) is 22.4 Å². The number of carbonyl (C=O) groups is 1. The molecule has 1 heterocycles. The number of rotatable bonds is 6. The van der Waals surface area contributed by atoms with Crippen LogP contribution >= 0.6 is 12.4 Å². The predicted octanol–water partition coefficient (Wildman–Crippen LogP) is 3.98. The van der Waals surface area contributed by atoms with Gasteiger partial charge in [-0.1, -0.05) is 18.2 Å². The van der Waals surface area contributed by atoms with Crippen molar-refractivity contribution in [1.29, 1.82) is 0 Å². The first-order valence-corrected chi connectivity index (χ1v) is 7.78. The van der Waals surface area contributed by atoms with E-state index in [-0.39, 0.29) is 41.7 Å². The van der Waals surface area contributed by atoms with Crippen molar-refractivity contribution in [3.8, 4) is 0 Å². The zero-order valence-electron chi connectivity index (χ0n) is 14.2. The van der Waals surface area contributed by atoms with Gasteiger partial charge in [-0.05, 0) is 24.3 Å². The third kappa shape index (κ3) is 4.77. The van der Waals surface area contributed by atoms with Crippen LogP contribution in [0.3, 0.4) is 0 Å². The molecule has 1 aromatic heterocycles. The molecule has 0 spiro atoms. The molecule has 0 atom stereocenters. The van der Waals surface area contributed by atoms with Crippen molar-refractivity contribution >= 4 is 35.7 Å². The van der Waals surface area contributed by atoms with Gasteiger partial charge in [0.15, 0.2) is 5.82 Å². The molecule has 0 aliphatic rings. The van der Waals surface area contributed by atoms with Crippen molar-refractivity contribution in [3.63, 3.8) is 0 Å². The molecule has 3 aromatic rings. The van der Waals surface area contributed by atoms with Gasteiger partial charge in [0.1, 0.15) is 0 Å². The van der Waals surface area contributed by atoms with E-state index >= 15 is 0 Å². The van der Waals surface area contributed by atoms with E-state index < -0.39 is 16.7 Å². The predicted molar refractivity (Wildman–Crippen MR) is 102 cm³/mol. The number of carboxylic acids is 1. The highest BCUT2D eigenvalue weighted by Crippen LogP contribution is 2.22. The lowest BCUT2D eigenvalue weighted by molar-refractivity contribution is -0.385. The lowest BCUT2D eigenvalue weighted by Gasteiger charge is -2.08. The SMILES string of the molecule is Cl.O=C(O)c1ccc(Nc2ncc(F)c(Cc3ccccc3[N+](=O)[O-])n2)cc1. The minimum absolute atomic E-state index is 0. The van der Waals surface area contributed by atoms with Crippen molar-refractivity contribution in [2.45, 2.75) is 6.42 Å². The fourth-order valence-electron chi connectivity index (χ4n) is 2.43. The van der Waals surface area contributed by atoms with Crippen LogP contribution in [-0.4, -0.2) is 26.0 Å². The number of hydrogen-bond donors (Lipinski definition) is 2. The maximum absolute atomic E-state index is 14.1.